The summed E-state index contributed by atoms with van der Waals surface area (Å²) in [6.45, 7) is 5.07. The second-order valence-corrected chi connectivity index (χ2v) is 7.92. The van der Waals surface area contributed by atoms with Gasteiger partial charge >= 0.3 is 0 Å². The maximum atomic E-state index is 12.4. The van der Waals surface area contributed by atoms with Crippen molar-refractivity contribution in [3.63, 3.8) is 0 Å². The van der Waals surface area contributed by atoms with Crippen molar-refractivity contribution in [3.05, 3.63) is 29.8 Å². The minimum Gasteiger partial charge on any atom is -0.354 e. The fraction of sp³-hybridized carbons (Fsp3) is 0.562. The van der Waals surface area contributed by atoms with Crippen LogP contribution in [0.5, 0.6) is 0 Å². The van der Waals surface area contributed by atoms with Gasteiger partial charge in [0.05, 0.1) is 4.90 Å². The lowest BCUT2D eigenvalue weighted by Crippen LogP contribution is -2.30. The molecule has 1 saturated heterocycles. The summed E-state index contributed by atoms with van der Waals surface area (Å²) < 4.78 is 26.3. The third kappa shape index (κ3) is 4.30. The minimum atomic E-state index is -3.35. The zero-order valence-corrected chi connectivity index (χ0v) is 14.0. The molecule has 122 valence electrons. The van der Waals surface area contributed by atoms with E-state index >= 15 is 0 Å². The van der Waals surface area contributed by atoms with Crippen molar-refractivity contribution in [1.82, 2.24) is 9.62 Å². The number of nitrogens with one attached hydrogen (secondary N) is 1. The maximum Gasteiger partial charge on any atom is 0.243 e. The lowest BCUT2D eigenvalue weighted by molar-refractivity contribution is -0.121. The molecule has 0 radical (unpaired) electrons. The summed E-state index contributed by atoms with van der Waals surface area (Å²) >= 11 is 0. The van der Waals surface area contributed by atoms with Gasteiger partial charge in [-0.1, -0.05) is 12.1 Å². The first kappa shape index (κ1) is 17.0. The van der Waals surface area contributed by atoms with Gasteiger partial charge in [0.2, 0.25) is 15.9 Å². The van der Waals surface area contributed by atoms with E-state index in [1.807, 2.05) is 13.8 Å². The van der Waals surface area contributed by atoms with Crippen LogP contribution >= 0.6 is 0 Å². The van der Waals surface area contributed by atoms with Crippen LogP contribution in [-0.4, -0.2) is 37.8 Å². The molecule has 5 nitrogen and oxygen atoms in total. The number of hydrogen-bond donors (Lipinski definition) is 1. The van der Waals surface area contributed by atoms with Crippen molar-refractivity contribution in [2.75, 3.05) is 13.1 Å². The molecule has 6 heteroatoms. The standard InChI is InChI=1S/C16H24N2O3S/c1-13(2)17-16(19)10-7-14-5-8-15(9-6-14)22(20,21)18-11-3-4-12-18/h5-6,8-9,13H,3-4,7,10-12H2,1-2H3,(H,17,19). The van der Waals surface area contributed by atoms with E-state index in [1.54, 1.807) is 24.3 Å². The number of carbonyl (C=O) groups excluding carboxylic acids is 1. The van der Waals surface area contributed by atoms with Gasteiger partial charge in [-0.05, 0) is 50.8 Å². The van der Waals surface area contributed by atoms with Crippen LogP contribution in [-0.2, 0) is 21.2 Å². The van der Waals surface area contributed by atoms with Crippen molar-refractivity contribution in [2.45, 2.75) is 50.5 Å². The summed E-state index contributed by atoms with van der Waals surface area (Å²) in [5, 5.41) is 2.84. The molecular formula is C16H24N2O3S. The molecule has 1 aliphatic rings. The van der Waals surface area contributed by atoms with Gasteiger partial charge in [-0.15, -0.1) is 0 Å². The predicted molar refractivity (Wildman–Crippen MR) is 86.0 cm³/mol. The van der Waals surface area contributed by atoms with Gasteiger partial charge in [-0.25, -0.2) is 8.42 Å². The molecule has 0 aromatic heterocycles. The lowest BCUT2D eigenvalue weighted by Gasteiger charge is -2.15. The number of nitrogens with zero attached hydrogens (tertiary/aromatic N) is 1. The van der Waals surface area contributed by atoms with E-state index in [1.165, 1.54) is 4.31 Å². The highest BCUT2D eigenvalue weighted by Gasteiger charge is 2.26. The van der Waals surface area contributed by atoms with Crippen LogP contribution in [0.3, 0.4) is 0 Å². The summed E-state index contributed by atoms with van der Waals surface area (Å²) in [6.07, 6.45) is 2.89. The molecule has 1 aromatic rings. The average Bonchev–Trinajstić information content (AvgIpc) is 3.00. The molecule has 2 rings (SSSR count). The Balaban J connectivity index is 1.97. The summed E-state index contributed by atoms with van der Waals surface area (Å²) in [7, 11) is -3.35. The Morgan fingerprint density at radius 2 is 1.77 bits per heavy atom. The first-order chi connectivity index (χ1) is 10.4. The zero-order chi connectivity index (χ0) is 16.2. The molecule has 1 N–H and O–H groups in total. The lowest BCUT2D eigenvalue weighted by atomic mass is 10.1. The van der Waals surface area contributed by atoms with Crippen LogP contribution in [0, 0.1) is 0 Å². The fourth-order valence-corrected chi connectivity index (χ4v) is 4.07. The quantitative estimate of drug-likeness (QED) is 0.869. The van der Waals surface area contributed by atoms with E-state index in [0.29, 0.717) is 30.8 Å². The molecule has 0 spiro atoms. The summed E-state index contributed by atoms with van der Waals surface area (Å²) in [4.78, 5) is 12.0. The highest BCUT2D eigenvalue weighted by molar-refractivity contribution is 7.89. The van der Waals surface area contributed by atoms with Gasteiger partial charge in [0.15, 0.2) is 0 Å². The molecule has 1 aromatic carbocycles. The van der Waals surface area contributed by atoms with E-state index in [4.69, 9.17) is 0 Å². The third-order valence-corrected chi connectivity index (χ3v) is 5.63. The average molecular weight is 324 g/mol. The number of aryl methyl sites for hydroxylation is 1. The SMILES string of the molecule is CC(C)NC(=O)CCc1ccc(S(=O)(=O)N2CCCC2)cc1. The Morgan fingerprint density at radius 1 is 1.18 bits per heavy atom. The molecule has 22 heavy (non-hydrogen) atoms. The fourth-order valence-electron chi connectivity index (χ4n) is 2.56. The predicted octanol–water partition coefficient (Wildman–Crippen LogP) is 1.93. The van der Waals surface area contributed by atoms with Gasteiger partial charge < -0.3 is 5.32 Å². The molecule has 0 bridgehead atoms. The molecule has 1 fully saturated rings. The Bertz CT molecular complexity index is 603. The number of benzene rings is 1. The first-order valence-electron chi connectivity index (χ1n) is 7.78. The smallest absolute Gasteiger partial charge is 0.243 e. The molecule has 1 heterocycles. The molecule has 0 aliphatic carbocycles. The number of carbonyl (C=O) groups is 1. The largest absolute Gasteiger partial charge is 0.354 e. The van der Waals surface area contributed by atoms with Crippen LogP contribution in [0.25, 0.3) is 0 Å². The number of sulfonamides is 1. The van der Waals surface area contributed by atoms with E-state index in [2.05, 4.69) is 5.32 Å². The van der Waals surface area contributed by atoms with Crippen molar-refractivity contribution < 1.29 is 13.2 Å². The summed E-state index contributed by atoms with van der Waals surface area (Å²) in [6, 6.07) is 7.02. The van der Waals surface area contributed by atoms with Gasteiger partial charge in [0, 0.05) is 25.6 Å². The van der Waals surface area contributed by atoms with E-state index in [9.17, 15) is 13.2 Å². The number of hydrogen-bond acceptors (Lipinski definition) is 3. The summed E-state index contributed by atoms with van der Waals surface area (Å²) in [5.41, 5.74) is 0.972. The van der Waals surface area contributed by atoms with Crippen LogP contribution in [0.2, 0.25) is 0 Å². The molecule has 0 atom stereocenters. The molecule has 0 saturated carbocycles. The van der Waals surface area contributed by atoms with Crippen molar-refractivity contribution >= 4 is 15.9 Å². The maximum absolute atomic E-state index is 12.4. The molecule has 1 amide bonds. The van der Waals surface area contributed by atoms with Gasteiger partial charge in [0.1, 0.15) is 0 Å². The Kier molecular flexibility index (Phi) is 5.58. The monoisotopic (exact) mass is 324 g/mol. The van der Waals surface area contributed by atoms with Crippen molar-refractivity contribution in [3.8, 4) is 0 Å². The van der Waals surface area contributed by atoms with Gasteiger partial charge in [0.25, 0.3) is 0 Å². The molecule has 1 aliphatic heterocycles. The van der Waals surface area contributed by atoms with Crippen LogP contribution in [0.15, 0.2) is 29.2 Å². The van der Waals surface area contributed by atoms with Crippen LogP contribution < -0.4 is 5.32 Å². The summed E-state index contributed by atoms with van der Waals surface area (Å²) in [5.74, 6) is 0.0174. The van der Waals surface area contributed by atoms with Crippen molar-refractivity contribution in [1.29, 1.82) is 0 Å². The van der Waals surface area contributed by atoms with E-state index in [0.717, 1.165) is 18.4 Å². The van der Waals surface area contributed by atoms with Crippen LogP contribution in [0.1, 0.15) is 38.7 Å². The second kappa shape index (κ2) is 7.24. The van der Waals surface area contributed by atoms with E-state index in [-0.39, 0.29) is 11.9 Å². The first-order valence-corrected chi connectivity index (χ1v) is 9.22. The molecule has 0 unspecified atom stereocenters. The van der Waals surface area contributed by atoms with Crippen LogP contribution in [0.4, 0.5) is 0 Å². The normalized spacial score (nSPS) is 16.1. The third-order valence-electron chi connectivity index (χ3n) is 3.72. The van der Waals surface area contributed by atoms with Gasteiger partial charge in [-0.3, -0.25) is 4.79 Å². The zero-order valence-electron chi connectivity index (χ0n) is 13.2. The molecular weight excluding hydrogens is 300 g/mol. The highest BCUT2D eigenvalue weighted by Crippen LogP contribution is 2.21. The minimum absolute atomic E-state index is 0.0174. The van der Waals surface area contributed by atoms with Gasteiger partial charge in [-0.2, -0.15) is 4.31 Å². The Labute approximate surface area is 132 Å². The number of amides is 1. The van der Waals surface area contributed by atoms with E-state index < -0.39 is 10.0 Å². The Hall–Kier alpha value is -1.40. The Morgan fingerprint density at radius 3 is 2.32 bits per heavy atom. The van der Waals surface area contributed by atoms with Crippen molar-refractivity contribution in [2.24, 2.45) is 0 Å². The second-order valence-electron chi connectivity index (χ2n) is 5.98. The highest BCUT2D eigenvalue weighted by atomic mass is 32.2. The number of rotatable bonds is 6. The topological polar surface area (TPSA) is 66.5 Å².